The molecule has 0 rings (SSSR count). The minimum atomic E-state index is -2.43. The highest BCUT2D eigenvalue weighted by Crippen LogP contribution is 2.36. The van der Waals surface area contributed by atoms with Gasteiger partial charge in [-0.05, 0) is 36.5 Å². The second-order valence-electron chi connectivity index (χ2n) is 4.97. The first-order valence-corrected chi connectivity index (χ1v) is 16.2. The standard InChI is InChI=1S/C14H34O6S3Si2/c1-7-19-24(15-3,16-4)13-9-11-21-23-22-12-10-14-25(17-5,18-6)20-8-2/h7-14H2,1-6H3. The highest BCUT2D eigenvalue weighted by molar-refractivity contribution is 9.09. The molecule has 0 unspecified atom stereocenters. The van der Waals surface area contributed by atoms with Gasteiger partial charge in [-0.1, -0.05) is 21.6 Å². The first-order valence-electron chi connectivity index (χ1n) is 8.47. The van der Waals surface area contributed by atoms with Crippen LogP contribution in [-0.4, -0.2) is 70.8 Å². The Morgan fingerprint density at radius 3 is 1.28 bits per heavy atom. The molecule has 0 bridgehead atoms. The Bertz CT molecular complexity index is 282. The summed E-state index contributed by atoms with van der Waals surface area (Å²) >= 11 is 0. The van der Waals surface area contributed by atoms with Gasteiger partial charge in [0.05, 0.1) is 0 Å². The van der Waals surface area contributed by atoms with Crippen molar-refractivity contribution < 1.29 is 26.6 Å². The van der Waals surface area contributed by atoms with Crippen LogP contribution in [0.1, 0.15) is 26.7 Å². The fourth-order valence-corrected chi connectivity index (χ4v) is 10.6. The van der Waals surface area contributed by atoms with E-state index in [4.69, 9.17) is 26.6 Å². The van der Waals surface area contributed by atoms with Crippen LogP contribution in [0.5, 0.6) is 0 Å². The van der Waals surface area contributed by atoms with Crippen LogP contribution < -0.4 is 0 Å². The van der Waals surface area contributed by atoms with Crippen LogP contribution >= 0.6 is 31.4 Å². The average molecular weight is 451 g/mol. The molecule has 0 aromatic heterocycles. The van der Waals surface area contributed by atoms with Crippen LogP contribution in [0.3, 0.4) is 0 Å². The average Bonchev–Trinajstić information content (AvgIpc) is 2.65. The lowest BCUT2D eigenvalue weighted by atomic mass is 10.6. The third-order valence-electron chi connectivity index (χ3n) is 3.49. The van der Waals surface area contributed by atoms with Crippen LogP contribution in [0.2, 0.25) is 12.1 Å². The molecule has 0 radical (unpaired) electrons. The Morgan fingerprint density at radius 2 is 1.00 bits per heavy atom. The van der Waals surface area contributed by atoms with Crippen molar-refractivity contribution in [1.29, 1.82) is 0 Å². The van der Waals surface area contributed by atoms with E-state index in [1.165, 1.54) is 0 Å². The molecule has 0 heterocycles. The van der Waals surface area contributed by atoms with E-state index >= 15 is 0 Å². The van der Waals surface area contributed by atoms with Gasteiger partial charge < -0.3 is 26.6 Å². The van der Waals surface area contributed by atoms with Gasteiger partial charge in [0.15, 0.2) is 0 Å². The Morgan fingerprint density at radius 1 is 0.640 bits per heavy atom. The maximum Gasteiger partial charge on any atom is 0.500 e. The summed E-state index contributed by atoms with van der Waals surface area (Å²) in [6.45, 7) is 5.19. The fourth-order valence-electron chi connectivity index (χ4n) is 2.19. The molecule has 0 atom stereocenters. The van der Waals surface area contributed by atoms with E-state index in [2.05, 4.69) is 0 Å². The van der Waals surface area contributed by atoms with Gasteiger partial charge in [0.1, 0.15) is 0 Å². The molecule has 6 nitrogen and oxygen atoms in total. The van der Waals surface area contributed by atoms with Crippen molar-refractivity contribution in [1.82, 2.24) is 0 Å². The first kappa shape index (κ1) is 26.2. The monoisotopic (exact) mass is 450 g/mol. The summed E-state index contributed by atoms with van der Waals surface area (Å²) in [6, 6.07) is 1.71. The third kappa shape index (κ3) is 11.0. The lowest BCUT2D eigenvalue weighted by Crippen LogP contribution is -2.43. The normalized spacial score (nSPS) is 12.7. The van der Waals surface area contributed by atoms with Crippen molar-refractivity contribution >= 4 is 49.0 Å². The Labute approximate surface area is 167 Å². The molecular formula is C14H34O6S3Si2. The maximum atomic E-state index is 5.70. The van der Waals surface area contributed by atoms with E-state index in [1.807, 2.05) is 45.3 Å². The Kier molecular flexibility index (Phi) is 17.0. The molecule has 152 valence electrons. The van der Waals surface area contributed by atoms with E-state index in [1.54, 1.807) is 28.4 Å². The number of hydrogen-bond donors (Lipinski definition) is 0. The van der Waals surface area contributed by atoms with Crippen LogP contribution in [-0.2, 0) is 26.6 Å². The topological polar surface area (TPSA) is 55.4 Å². The first-order chi connectivity index (χ1) is 12.1. The van der Waals surface area contributed by atoms with E-state index in [0.717, 1.165) is 36.4 Å². The fraction of sp³-hybridized carbons (Fsp3) is 1.00. The zero-order valence-electron chi connectivity index (χ0n) is 16.3. The molecule has 0 aliphatic heterocycles. The van der Waals surface area contributed by atoms with Gasteiger partial charge in [-0.25, -0.2) is 0 Å². The second kappa shape index (κ2) is 16.2. The van der Waals surface area contributed by atoms with Gasteiger partial charge >= 0.3 is 17.6 Å². The summed E-state index contributed by atoms with van der Waals surface area (Å²) in [7, 11) is 7.41. The zero-order valence-corrected chi connectivity index (χ0v) is 20.8. The Hall–Kier alpha value is 1.24. The SMILES string of the molecule is CCO[Si](CCCSSSCCC[Si](OC)(OC)OCC)(OC)OC. The molecule has 0 saturated heterocycles. The van der Waals surface area contributed by atoms with Gasteiger partial charge in [-0.3, -0.25) is 0 Å². The smallest absolute Gasteiger partial charge is 0.377 e. The second-order valence-corrected chi connectivity index (χ2v) is 15.4. The molecule has 0 saturated carbocycles. The largest absolute Gasteiger partial charge is 0.500 e. The molecule has 0 aromatic rings. The molecule has 0 fully saturated rings. The van der Waals surface area contributed by atoms with E-state index in [0.29, 0.717) is 13.2 Å². The molecule has 0 amide bonds. The van der Waals surface area contributed by atoms with E-state index in [-0.39, 0.29) is 0 Å². The summed E-state index contributed by atoms with van der Waals surface area (Å²) in [5, 5.41) is 0. The van der Waals surface area contributed by atoms with Gasteiger partial charge in [-0.2, -0.15) is 0 Å². The van der Waals surface area contributed by atoms with Crippen LogP contribution in [0, 0.1) is 0 Å². The van der Waals surface area contributed by atoms with Crippen molar-refractivity contribution in [3.63, 3.8) is 0 Å². The maximum absolute atomic E-state index is 5.70. The van der Waals surface area contributed by atoms with Gasteiger partial charge in [-0.15, -0.1) is 0 Å². The predicted octanol–water partition coefficient (Wildman–Crippen LogP) is 4.33. The summed E-state index contributed by atoms with van der Waals surface area (Å²) in [5.41, 5.74) is 0. The van der Waals surface area contributed by atoms with Crippen LogP contribution in [0.4, 0.5) is 0 Å². The van der Waals surface area contributed by atoms with Gasteiger partial charge in [0, 0.05) is 65.2 Å². The molecule has 0 aliphatic carbocycles. The van der Waals surface area contributed by atoms with Gasteiger partial charge in [0.25, 0.3) is 0 Å². The van der Waals surface area contributed by atoms with Gasteiger partial charge in [0.2, 0.25) is 0 Å². The quantitative estimate of drug-likeness (QED) is 0.172. The van der Waals surface area contributed by atoms with Crippen molar-refractivity contribution in [3.8, 4) is 0 Å². The third-order valence-corrected chi connectivity index (χ3v) is 13.8. The zero-order chi connectivity index (χ0) is 19.0. The molecule has 11 heteroatoms. The lowest BCUT2D eigenvalue weighted by Gasteiger charge is -2.25. The van der Waals surface area contributed by atoms with Crippen molar-refractivity contribution in [3.05, 3.63) is 0 Å². The molecule has 0 aromatic carbocycles. The number of hydrogen-bond acceptors (Lipinski definition) is 9. The highest BCUT2D eigenvalue weighted by atomic mass is 33.5. The summed E-state index contributed by atoms with van der Waals surface area (Å²) in [4.78, 5) is 0. The minimum Gasteiger partial charge on any atom is -0.377 e. The Balaban J connectivity index is 3.76. The molecule has 0 spiro atoms. The molecule has 0 N–H and O–H groups in total. The van der Waals surface area contributed by atoms with Crippen molar-refractivity contribution in [2.24, 2.45) is 0 Å². The van der Waals surface area contributed by atoms with Crippen LogP contribution in [0.15, 0.2) is 0 Å². The molecule has 25 heavy (non-hydrogen) atoms. The number of rotatable bonds is 18. The molecular weight excluding hydrogens is 417 g/mol. The van der Waals surface area contributed by atoms with Crippen LogP contribution in [0.25, 0.3) is 0 Å². The predicted molar refractivity (Wildman–Crippen MR) is 114 cm³/mol. The lowest BCUT2D eigenvalue weighted by molar-refractivity contribution is 0.103. The summed E-state index contributed by atoms with van der Waals surface area (Å²) in [6.07, 6.45) is 2.06. The van der Waals surface area contributed by atoms with E-state index < -0.39 is 17.6 Å². The van der Waals surface area contributed by atoms with Crippen molar-refractivity contribution in [2.75, 3.05) is 53.2 Å². The summed E-state index contributed by atoms with van der Waals surface area (Å²) in [5.74, 6) is 2.11. The molecule has 0 aliphatic rings. The van der Waals surface area contributed by atoms with Crippen molar-refractivity contribution in [2.45, 2.75) is 38.8 Å². The highest BCUT2D eigenvalue weighted by Gasteiger charge is 2.38. The van der Waals surface area contributed by atoms with E-state index in [9.17, 15) is 0 Å². The minimum absolute atomic E-state index is 0.626. The summed E-state index contributed by atoms with van der Waals surface area (Å²) < 4.78 is 33.4.